The number of aliphatic carboxylic acids is 1. The van der Waals surface area contributed by atoms with Crippen LogP contribution in [0.2, 0.25) is 0 Å². The second-order valence-corrected chi connectivity index (χ2v) is 9.90. The molecule has 0 amide bonds. The maximum Gasteiger partial charge on any atom is 2.00 e. The van der Waals surface area contributed by atoms with Crippen molar-refractivity contribution in [3.63, 3.8) is 0 Å². The summed E-state index contributed by atoms with van der Waals surface area (Å²) in [6, 6.07) is 2.03. The second-order valence-electron chi connectivity index (χ2n) is 9.90. The Labute approximate surface area is 191 Å². The maximum absolute atomic E-state index is 12.4. The summed E-state index contributed by atoms with van der Waals surface area (Å²) >= 11 is 0. The summed E-state index contributed by atoms with van der Waals surface area (Å²) in [4.78, 5) is 23.6. The number of fused-ring (bicyclic) bond motifs is 2. The van der Waals surface area contributed by atoms with Gasteiger partial charge >= 0.3 is 27.0 Å². The largest absolute Gasteiger partial charge is 2.00 e. The Morgan fingerprint density at radius 3 is 2.14 bits per heavy atom. The van der Waals surface area contributed by atoms with Crippen LogP contribution in [0, 0.1) is 45.3 Å². The van der Waals surface area contributed by atoms with Gasteiger partial charge in [0.2, 0.25) is 0 Å². The van der Waals surface area contributed by atoms with E-state index < -0.39 is 11.4 Å². The summed E-state index contributed by atoms with van der Waals surface area (Å²) in [5.74, 6) is 0.786. The molecule has 2 fully saturated rings. The van der Waals surface area contributed by atoms with Gasteiger partial charge in [-0.05, 0) is 30.6 Å². The number of esters is 1. The summed E-state index contributed by atoms with van der Waals surface area (Å²) in [5, 5.41) is 17.2. The molecule has 2 bridgehead atoms. The van der Waals surface area contributed by atoms with E-state index in [2.05, 4.69) is 20.8 Å². The fourth-order valence-corrected chi connectivity index (χ4v) is 4.43. The number of hydrogen-bond donors (Lipinski definition) is 1. The van der Waals surface area contributed by atoms with Gasteiger partial charge in [-0.25, -0.2) is 5.26 Å². The van der Waals surface area contributed by atoms with Crippen molar-refractivity contribution in [2.45, 2.75) is 93.6 Å². The van der Waals surface area contributed by atoms with Crippen LogP contribution in [0.15, 0.2) is 0 Å². The monoisotopic (exact) mass is 575 g/mol. The van der Waals surface area contributed by atoms with Crippen LogP contribution in [0.1, 0.15) is 87.5 Å². The Kier molecular flexibility index (Phi) is 9.85. The van der Waals surface area contributed by atoms with E-state index in [0.29, 0.717) is 11.8 Å². The minimum atomic E-state index is -0.943. The molecule has 164 valence electrons. The number of carboxylic acids is 1. The third-order valence-electron chi connectivity index (χ3n) is 7.32. The number of rotatable bonds is 6. The average molecular weight is 575 g/mol. The molecule has 3 atom stereocenters. The summed E-state index contributed by atoms with van der Waals surface area (Å²) < 4.78 is 5.80. The Morgan fingerprint density at radius 1 is 1.28 bits per heavy atom. The van der Waals surface area contributed by atoms with Crippen LogP contribution < -0.4 is 0 Å². The number of ether oxygens (including phenoxy) is 1. The van der Waals surface area contributed by atoms with Crippen LogP contribution in [-0.2, 0) is 35.4 Å². The number of carbonyl (C=O) groups is 2. The van der Waals surface area contributed by atoms with E-state index in [4.69, 9.17) is 10.00 Å². The summed E-state index contributed by atoms with van der Waals surface area (Å²) in [6.07, 6.45) is 4.31. The zero-order chi connectivity index (χ0) is 21.9. The van der Waals surface area contributed by atoms with Crippen molar-refractivity contribution in [1.29, 1.82) is 5.26 Å². The molecule has 2 saturated carbocycles. The first-order valence-electron chi connectivity index (χ1n) is 10.2. The topological polar surface area (TPSA) is 87.4 Å². The molecule has 0 spiro atoms. The fourth-order valence-electron chi connectivity index (χ4n) is 4.43. The van der Waals surface area contributed by atoms with Gasteiger partial charge in [-0.1, -0.05) is 41.5 Å². The number of nitrogens with zero attached hydrogens (tertiary/aromatic N) is 1. The first-order chi connectivity index (χ1) is 12.7. The van der Waals surface area contributed by atoms with Gasteiger partial charge in [0.05, 0.1) is 0 Å². The Hall–Kier alpha value is -1.14. The van der Waals surface area contributed by atoms with E-state index in [1.54, 1.807) is 20.8 Å². The molecule has 0 saturated heterocycles. The Balaban J connectivity index is 0.000000981. The number of hydrogen-bond acceptors (Lipinski definition) is 4. The minimum absolute atomic E-state index is 0. The zero-order valence-electron chi connectivity index (χ0n) is 19.2. The summed E-state index contributed by atoms with van der Waals surface area (Å²) in [7, 11) is 0. The fraction of sp³-hybridized carbons (Fsp3) is 0.783. The molecule has 5 nitrogen and oxygen atoms in total. The predicted molar refractivity (Wildman–Crippen MR) is 109 cm³/mol. The van der Waals surface area contributed by atoms with E-state index >= 15 is 0 Å². The standard InChI is InChI=1S/C18H29O4.C5H8N.W/c1-11(10-16(2,3)15(20)21)14(19)22-13-9-12-7-8-18(13,6)17(12,4)5;1-3-5(2)4-6;/h12-13H,7-10H2,1-6H3,(H,20,21);3H2,1-2H3;/q2*-1;+2. The van der Waals surface area contributed by atoms with Gasteiger partial charge in [0.15, 0.2) is 5.97 Å². The van der Waals surface area contributed by atoms with Crippen molar-refractivity contribution >= 4 is 11.9 Å². The molecular weight excluding hydrogens is 538 g/mol. The van der Waals surface area contributed by atoms with Crippen LogP contribution in [0.5, 0.6) is 0 Å². The smallest absolute Gasteiger partial charge is 0.484 e. The molecule has 0 heterocycles. The minimum Gasteiger partial charge on any atom is -0.484 e. The van der Waals surface area contributed by atoms with E-state index in [0.717, 1.165) is 25.2 Å². The number of nitriles is 1. The van der Waals surface area contributed by atoms with Crippen LogP contribution in [0.25, 0.3) is 0 Å². The van der Waals surface area contributed by atoms with E-state index in [1.165, 1.54) is 6.42 Å². The van der Waals surface area contributed by atoms with Gasteiger partial charge in [-0.2, -0.15) is 20.3 Å². The zero-order valence-corrected chi connectivity index (χ0v) is 22.2. The molecule has 0 aromatic rings. The molecule has 2 aliphatic rings. The predicted octanol–water partition coefficient (Wildman–Crippen LogP) is 5.35. The third-order valence-corrected chi connectivity index (χ3v) is 7.32. The molecule has 0 aliphatic heterocycles. The van der Waals surface area contributed by atoms with Crippen molar-refractivity contribution in [3.8, 4) is 6.07 Å². The molecule has 0 radical (unpaired) electrons. The van der Waals surface area contributed by atoms with Gasteiger partial charge in [0.1, 0.15) is 6.10 Å². The van der Waals surface area contributed by atoms with E-state index in [-0.39, 0.29) is 50.4 Å². The van der Waals surface area contributed by atoms with Crippen molar-refractivity contribution in [1.82, 2.24) is 0 Å². The van der Waals surface area contributed by atoms with Gasteiger partial charge < -0.3 is 9.84 Å². The van der Waals surface area contributed by atoms with Crippen molar-refractivity contribution in [3.05, 3.63) is 11.8 Å². The average Bonchev–Trinajstić information content (AvgIpc) is 2.94. The molecule has 1 N–H and O–H groups in total. The quantitative estimate of drug-likeness (QED) is 0.341. The van der Waals surface area contributed by atoms with Gasteiger partial charge in [-0.15, -0.1) is 12.5 Å². The van der Waals surface area contributed by atoms with E-state index in [1.807, 2.05) is 19.9 Å². The van der Waals surface area contributed by atoms with Gasteiger partial charge in [0.25, 0.3) is 0 Å². The Bertz CT molecular complexity index is 625. The molecule has 0 aromatic heterocycles. The van der Waals surface area contributed by atoms with Crippen molar-refractivity contribution < 1.29 is 40.5 Å². The van der Waals surface area contributed by atoms with Crippen LogP contribution in [0.3, 0.4) is 0 Å². The van der Waals surface area contributed by atoms with Crippen LogP contribution in [0.4, 0.5) is 0 Å². The van der Waals surface area contributed by atoms with Crippen molar-refractivity contribution in [2.24, 2.45) is 22.2 Å². The molecule has 29 heavy (non-hydrogen) atoms. The third kappa shape index (κ3) is 5.94. The molecule has 3 unspecified atom stereocenters. The summed E-state index contributed by atoms with van der Waals surface area (Å²) in [6.45, 7) is 15.5. The van der Waals surface area contributed by atoms with Crippen LogP contribution >= 0.6 is 0 Å². The second kappa shape index (κ2) is 10.2. The SMILES string of the molecule is CC[C-](C)C#N.C[C-](CC(C)(C)C(=O)O)C(=O)OC1CC2CCC1(C)C2(C)C.[W+2]. The molecule has 2 rings (SSSR count). The van der Waals surface area contributed by atoms with E-state index in [9.17, 15) is 14.7 Å². The maximum atomic E-state index is 12.4. The van der Waals surface area contributed by atoms with Crippen molar-refractivity contribution in [2.75, 3.05) is 0 Å². The molecule has 2 aliphatic carbocycles. The Morgan fingerprint density at radius 2 is 1.83 bits per heavy atom. The molecule has 6 heteroatoms. The first kappa shape index (κ1) is 27.9. The number of carboxylic acid groups (broad SMARTS) is 1. The first-order valence-corrected chi connectivity index (χ1v) is 10.2. The summed E-state index contributed by atoms with van der Waals surface area (Å²) in [5.41, 5.74) is -0.705. The molecular formula is C23H37NO4W. The van der Waals surface area contributed by atoms with Crippen LogP contribution in [-0.4, -0.2) is 23.1 Å². The normalized spacial score (nSPS) is 26.3. The number of carbonyl (C=O) groups excluding carboxylic acids is 1. The van der Waals surface area contributed by atoms with Gasteiger partial charge in [-0.3, -0.25) is 21.4 Å². The molecule has 0 aromatic carbocycles. The van der Waals surface area contributed by atoms with Gasteiger partial charge in [0, 0.05) is 10.8 Å².